The van der Waals surface area contributed by atoms with Crippen LogP contribution in [-0.2, 0) is 15.4 Å². The Bertz CT molecular complexity index is 837. The Balaban J connectivity index is 1.96. The van der Waals surface area contributed by atoms with E-state index in [0.717, 1.165) is 28.1 Å². The van der Waals surface area contributed by atoms with E-state index in [9.17, 15) is 8.42 Å². The topological polar surface area (TPSA) is 62.3 Å². The van der Waals surface area contributed by atoms with Crippen molar-refractivity contribution in [3.63, 3.8) is 0 Å². The SMILES string of the molecule is CNC1CCCN(S(=O)(=O)c2ccc3nc(C(C)(C)C)sc3c2)C1. The molecule has 5 nitrogen and oxygen atoms in total. The monoisotopic (exact) mass is 367 g/mol. The van der Waals surface area contributed by atoms with E-state index in [-0.39, 0.29) is 11.5 Å². The zero-order valence-corrected chi connectivity index (χ0v) is 16.3. The molecule has 0 saturated carbocycles. The van der Waals surface area contributed by atoms with Crippen LogP contribution in [0.15, 0.2) is 23.1 Å². The van der Waals surface area contributed by atoms with Crippen molar-refractivity contribution in [1.82, 2.24) is 14.6 Å². The second kappa shape index (κ2) is 6.37. The lowest BCUT2D eigenvalue weighted by Gasteiger charge is -2.31. The summed E-state index contributed by atoms with van der Waals surface area (Å²) in [5.41, 5.74) is 0.839. The number of hydrogen-bond acceptors (Lipinski definition) is 5. The number of hydrogen-bond donors (Lipinski definition) is 1. The maximum Gasteiger partial charge on any atom is 0.243 e. The minimum Gasteiger partial charge on any atom is -0.316 e. The van der Waals surface area contributed by atoms with Gasteiger partial charge in [-0.2, -0.15) is 4.31 Å². The van der Waals surface area contributed by atoms with Gasteiger partial charge < -0.3 is 5.32 Å². The summed E-state index contributed by atoms with van der Waals surface area (Å²) < 4.78 is 28.5. The van der Waals surface area contributed by atoms with Crippen LogP contribution < -0.4 is 5.32 Å². The van der Waals surface area contributed by atoms with Crippen LogP contribution in [0.2, 0.25) is 0 Å². The number of nitrogens with zero attached hydrogens (tertiary/aromatic N) is 2. The first kappa shape index (κ1) is 17.8. The molecule has 0 amide bonds. The highest BCUT2D eigenvalue weighted by atomic mass is 32.2. The Kier molecular flexibility index (Phi) is 4.72. The van der Waals surface area contributed by atoms with Gasteiger partial charge >= 0.3 is 0 Å². The molecule has 2 aromatic rings. The fraction of sp³-hybridized carbons (Fsp3) is 0.588. The first-order valence-electron chi connectivity index (χ1n) is 8.30. The van der Waals surface area contributed by atoms with Crippen LogP contribution in [-0.4, -0.2) is 43.9 Å². The van der Waals surface area contributed by atoms with E-state index in [1.807, 2.05) is 13.1 Å². The highest BCUT2D eigenvalue weighted by Crippen LogP contribution is 2.33. The van der Waals surface area contributed by atoms with Gasteiger partial charge in [-0.15, -0.1) is 11.3 Å². The van der Waals surface area contributed by atoms with Gasteiger partial charge in [0.05, 0.1) is 20.1 Å². The van der Waals surface area contributed by atoms with Gasteiger partial charge in [0, 0.05) is 24.5 Å². The minimum atomic E-state index is -3.45. The highest BCUT2D eigenvalue weighted by molar-refractivity contribution is 7.89. The smallest absolute Gasteiger partial charge is 0.243 e. The molecule has 0 spiro atoms. The molecule has 1 aromatic heterocycles. The third-order valence-electron chi connectivity index (χ3n) is 4.43. The molecular formula is C17H25N3O2S2. The van der Waals surface area contributed by atoms with Gasteiger partial charge in [-0.3, -0.25) is 0 Å². The molecule has 0 radical (unpaired) electrons. The van der Waals surface area contributed by atoms with Gasteiger partial charge in [0.25, 0.3) is 0 Å². The van der Waals surface area contributed by atoms with E-state index in [2.05, 4.69) is 31.1 Å². The van der Waals surface area contributed by atoms with Gasteiger partial charge in [0.15, 0.2) is 0 Å². The zero-order valence-electron chi connectivity index (χ0n) is 14.7. The van der Waals surface area contributed by atoms with Crippen molar-refractivity contribution in [2.75, 3.05) is 20.1 Å². The van der Waals surface area contributed by atoms with Crippen LogP contribution in [0.25, 0.3) is 10.2 Å². The molecule has 132 valence electrons. The minimum absolute atomic E-state index is 0.0321. The number of piperidine rings is 1. The third kappa shape index (κ3) is 3.35. The van der Waals surface area contributed by atoms with Crippen LogP contribution in [0.1, 0.15) is 38.6 Å². The van der Waals surface area contributed by atoms with Gasteiger partial charge in [-0.25, -0.2) is 13.4 Å². The molecule has 3 rings (SSSR count). The largest absolute Gasteiger partial charge is 0.316 e. The lowest BCUT2D eigenvalue weighted by Crippen LogP contribution is -2.46. The molecule has 2 heterocycles. The fourth-order valence-electron chi connectivity index (χ4n) is 2.93. The first-order chi connectivity index (χ1) is 11.2. The van der Waals surface area contributed by atoms with Gasteiger partial charge in [0.2, 0.25) is 10.0 Å². The summed E-state index contributed by atoms with van der Waals surface area (Å²) in [5, 5.41) is 4.22. The summed E-state index contributed by atoms with van der Waals surface area (Å²) in [4.78, 5) is 5.02. The molecule has 24 heavy (non-hydrogen) atoms. The normalized spacial score (nSPS) is 20.6. The van der Waals surface area contributed by atoms with Crippen molar-refractivity contribution in [2.24, 2.45) is 0 Å². The molecule has 1 saturated heterocycles. The molecule has 1 atom stereocenters. The van der Waals surface area contributed by atoms with Gasteiger partial charge in [-0.05, 0) is 38.1 Å². The summed E-state index contributed by atoms with van der Waals surface area (Å²) >= 11 is 1.58. The van der Waals surface area contributed by atoms with Crippen LogP contribution >= 0.6 is 11.3 Å². The number of likely N-dealkylation sites (N-methyl/N-ethyl adjacent to an activating group) is 1. The second-order valence-corrected chi connectivity index (χ2v) is 10.4. The lowest BCUT2D eigenvalue weighted by atomic mass is 9.98. The molecule has 1 fully saturated rings. The van der Waals surface area contributed by atoms with E-state index in [1.54, 1.807) is 27.8 Å². The number of nitrogens with one attached hydrogen (secondary N) is 1. The number of rotatable bonds is 3. The summed E-state index contributed by atoms with van der Waals surface area (Å²) in [5.74, 6) is 0. The van der Waals surface area contributed by atoms with Crippen molar-refractivity contribution in [3.8, 4) is 0 Å². The Morgan fingerprint density at radius 3 is 2.75 bits per heavy atom. The Morgan fingerprint density at radius 1 is 1.33 bits per heavy atom. The number of thiazole rings is 1. The van der Waals surface area contributed by atoms with Crippen molar-refractivity contribution in [3.05, 3.63) is 23.2 Å². The highest BCUT2D eigenvalue weighted by Gasteiger charge is 2.30. The van der Waals surface area contributed by atoms with Crippen LogP contribution in [0.3, 0.4) is 0 Å². The average molecular weight is 368 g/mol. The maximum absolute atomic E-state index is 13.0. The van der Waals surface area contributed by atoms with E-state index in [0.29, 0.717) is 18.0 Å². The van der Waals surface area contributed by atoms with Crippen molar-refractivity contribution < 1.29 is 8.42 Å². The Labute approximate surface area is 148 Å². The summed E-state index contributed by atoms with van der Waals surface area (Å²) in [7, 11) is -1.56. The number of sulfonamides is 1. The second-order valence-electron chi connectivity index (χ2n) is 7.39. The molecular weight excluding hydrogens is 342 g/mol. The van der Waals surface area contributed by atoms with E-state index < -0.39 is 10.0 Å². The van der Waals surface area contributed by atoms with E-state index >= 15 is 0 Å². The summed E-state index contributed by atoms with van der Waals surface area (Å²) in [6, 6.07) is 5.52. The quantitative estimate of drug-likeness (QED) is 0.906. The van der Waals surface area contributed by atoms with Gasteiger partial charge in [-0.1, -0.05) is 20.8 Å². The van der Waals surface area contributed by atoms with Crippen molar-refractivity contribution in [2.45, 2.75) is 50.0 Å². The molecule has 1 aliphatic heterocycles. The predicted octanol–water partition coefficient (Wildman–Crippen LogP) is 2.97. The van der Waals surface area contributed by atoms with Crippen molar-refractivity contribution in [1.29, 1.82) is 0 Å². The third-order valence-corrected chi connectivity index (χ3v) is 7.74. The van der Waals surface area contributed by atoms with E-state index in [4.69, 9.17) is 0 Å². The Hall–Kier alpha value is -1.02. The number of aromatic nitrogens is 1. The lowest BCUT2D eigenvalue weighted by molar-refractivity contribution is 0.293. The maximum atomic E-state index is 13.0. The van der Waals surface area contributed by atoms with Gasteiger partial charge in [0.1, 0.15) is 0 Å². The molecule has 1 aromatic carbocycles. The standard InChI is InChI=1S/C17H25N3O2S2/c1-17(2,3)16-19-14-8-7-13(10-15(14)23-16)24(21,22)20-9-5-6-12(11-20)18-4/h7-8,10,12,18H,5-6,9,11H2,1-4H3. The molecule has 0 aliphatic carbocycles. The molecule has 0 bridgehead atoms. The number of fused-ring (bicyclic) bond motifs is 1. The fourth-order valence-corrected chi connectivity index (χ4v) is 5.62. The zero-order chi connectivity index (χ0) is 17.5. The predicted molar refractivity (Wildman–Crippen MR) is 99.2 cm³/mol. The summed E-state index contributed by atoms with van der Waals surface area (Å²) in [6.07, 6.45) is 1.91. The number of benzene rings is 1. The van der Waals surface area contributed by atoms with Crippen molar-refractivity contribution >= 4 is 31.6 Å². The van der Waals surface area contributed by atoms with Crippen LogP contribution in [0.4, 0.5) is 0 Å². The molecule has 1 N–H and O–H groups in total. The van der Waals surface area contributed by atoms with Crippen LogP contribution in [0, 0.1) is 0 Å². The summed E-state index contributed by atoms with van der Waals surface area (Å²) in [6.45, 7) is 7.48. The molecule has 7 heteroatoms. The average Bonchev–Trinajstić information content (AvgIpc) is 2.98. The molecule has 1 aliphatic rings. The molecule has 1 unspecified atom stereocenters. The van der Waals surface area contributed by atoms with Crippen LogP contribution in [0.5, 0.6) is 0 Å². The first-order valence-corrected chi connectivity index (χ1v) is 10.6. The Morgan fingerprint density at radius 2 is 2.08 bits per heavy atom. The van der Waals surface area contributed by atoms with E-state index in [1.165, 1.54) is 0 Å².